The van der Waals surface area contributed by atoms with Gasteiger partial charge in [0.2, 0.25) is 0 Å². The molecule has 0 aliphatic carbocycles. The highest BCUT2D eigenvalue weighted by atomic mass is 32.2. The van der Waals surface area contributed by atoms with Crippen LogP contribution >= 0.6 is 11.8 Å². The van der Waals surface area contributed by atoms with E-state index in [2.05, 4.69) is 0 Å². The van der Waals surface area contributed by atoms with Crippen molar-refractivity contribution < 1.29 is 18.3 Å². The Hall–Kier alpha value is -2.03. The van der Waals surface area contributed by atoms with Crippen LogP contribution in [-0.2, 0) is 20.2 Å². The smallest absolute Gasteiger partial charge is 0.329 e. The summed E-state index contributed by atoms with van der Waals surface area (Å²) < 4.78 is 24.4. The SMILES string of the molecule is CSCC(c1cccc(N)c1)C(N)(C(=O)O)c1ccccc1S(C)(=O)=O. The number of hydrogen-bond donors (Lipinski definition) is 3. The molecule has 26 heavy (non-hydrogen) atoms. The maximum Gasteiger partial charge on any atom is 0.329 e. The van der Waals surface area contributed by atoms with E-state index in [4.69, 9.17) is 11.5 Å². The Balaban J connectivity index is 2.79. The number of carbonyl (C=O) groups is 1. The molecule has 140 valence electrons. The molecular formula is C18H22N2O4S2. The number of sulfone groups is 1. The van der Waals surface area contributed by atoms with E-state index >= 15 is 0 Å². The fourth-order valence-corrected chi connectivity index (χ4v) is 4.77. The summed E-state index contributed by atoms with van der Waals surface area (Å²) in [6, 6.07) is 12.8. The first-order valence-electron chi connectivity index (χ1n) is 7.78. The maximum absolute atomic E-state index is 12.3. The first kappa shape index (κ1) is 20.3. The van der Waals surface area contributed by atoms with Crippen molar-refractivity contribution in [3.8, 4) is 0 Å². The highest BCUT2D eigenvalue weighted by Gasteiger charge is 2.47. The van der Waals surface area contributed by atoms with Crippen LogP contribution in [0.25, 0.3) is 0 Å². The van der Waals surface area contributed by atoms with Crippen LogP contribution in [0.3, 0.4) is 0 Å². The molecule has 8 heteroatoms. The molecule has 5 N–H and O–H groups in total. The van der Waals surface area contributed by atoms with Gasteiger partial charge in [0.15, 0.2) is 9.84 Å². The highest BCUT2D eigenvalue weighted by Crippen LogP contribution is 2.40. The summed E-state index contributed by atoms with van der Waals surface area (Å²) in [5, 5.41) is 10.0. The van der Waals surface area contributed by atoms with Gasteiger partial charge < -0.3 is 16.6 Å². The minimum absolute atomic E-state index is 0.0662. The summed E-state index contributed by atoms with van der Waals surface area (Å²) in [5.41, 5.74) is 11.6. The van der Waals surface area contributed by atoms with Crippen molar-refractivity contribution in [2.24, 2.45) is 5.73 Å². The summed E-state index contributed by atoms with van der Waals surface area (Å²) in [6.07, 6.45) is 2.88. The summed E-state index contributed by atoms with van der Waals surface area (Å²) in [6.45, 7) is 0. The van der Waals surface area contributed by atoms with E-state index in [1.807, 2.05) is 6.26 Å². The van der Waals surface area contributed by atoms with Crippen molar-refractivity contribution in [1.29, 1.82) is 0 Å². The van der Waals surface area contributed by atoms with Crippen LogP contribution in [0.4, 0.5) is 5.69 Å². The predicted molar refractivity (Wildman–Crippen MR) is 105 cm³/mol. The minimum Gasteiger partial charge on any atom is -0.480 e. The lowest BCUT2D eigenvalue weighted by molar-refractivity contribution is -0.144. The molecule has 0 spiro atoms. The lowest BCUT2D eigenvalue weighted by atomic mass is 9.76. The fraction of sp³-hybridized carbons (Fsp3) is 0.278. The molecule has 2 aromatic carbocycles. The van der Waals surface area contributed by atoms with E-state index in [0.29, 0.717) is 17.0 Å². The van der Waals surface area contributed by atoms with E-state index in [9.17, 15) is 18.3 Å². The van der Waals surface area contributed by atoms with Crippen molar-refractivity contribution >= 4 is 33.3 Å². The van der Waals surface area contributed by atoms with Gasteiger partial charge in [0.1, 0.15) is 5.54 Å². The van der Waals surface area contributed by atoms with Crippen molar-refractivity contribution in [3.05, 3.63) is 59.7 Å². The first-order valence-corrected chi connectivity index (χ1v) is 11.1. The van der Waals surface area contributed by atoms with Gasteiger partial charge in [-0.2, -0.15) is 11.8 Å². The molecule has 0 radical (unpaired) electrons. The normalized spacial score (nSPS) is 15.2. The second-order valence-electron chi connectivity index (χ2n) is 6.12. The number of anilines is 1. The molecule has 0 amide bonds. The molecule has 0 aliphatic heterocycles. The molecule has 0 aliphatic rings. The van der Waals surface area contributed by atoms with Crippen molar-refractivity contribution in [3.63, 3.8) is 0 Å². The fourth-order valence-electron chi connectivity index (χ4n) is 3.02. The molecule has 0 heterocycles. The number of thioether (sulfide) groups is 1. The van der Waals surface area contributed by atoms with Crippen LogP contribution in [0.5, 0.6) is 0 Å². The first-order chi connectivity index (χ1) is 12.1. The Morgan fingerprint density at radius 1 is 1.23 bits per heavy atom. The molecule has 2 unspecified atom stereocenters. The zero-order valence-corrected chi connectivity index (χ0v) is 16.2. The number of hydrogen-bond acceptors (Lipinski definition) is 6. The van der Waals surface area contributed by atoms with Crippen molar-refractivity contribution in [2.45, 2.75) is 16.4 Å². The van der Waals surface area contributed by atoms with Crippen LogP contribution in [0.15, 0.2) is 53.4 Å². The highest BCUT2D eigenvalue weighted by molar-refractivity contribution is 7.98. The molecule has 0 aromatic heterocycles. The van der Waals surface area contributed by atoms with E-state index in [0.717, 1.165) is 6.26 Å². The number of nitrogens with two attached hydrogens (primary N) is 2. The van der Waals surface area contributed by atoms with E-state index in [-0.39, 0.29) is 10.5 Å². The van der Waals surface area contributed by atoms with Gasteiger partial charge in [-0.15, -0.1) is 0 Å². The van der Waals surface area contributed by atoms with Gasteiger partial charge in [0.05, 0.1) is 4.90 Å². The maximum atomic E-state index is 12.3. The Morgan fingerprint density at radius 2 is 1.88 bits per heavy atom. The van der Waals surface area contributed by atoms with Gasteiger partial charge in [-0.05, 0) is 30.0 Å². The third-order valence-electron chi connectivity index (χ3n) is 4.28. The second-order valence-corrected chi connectivity index (χ2v) is 9.02. The van der Waals surface area contributed by atoms with Gasteiger partial charge in [-0.3, -0.25) is 0 Å². The quantitative estimate of drug-likeness (QED) is 0.614. The van der Waals surface area contributed by atoms with Gasteiger partial charge in [0.25, 0.3) is 0 Å². The molecule has 2 rings (SSSR count). The van der Waals surface area contributed by atoms with Crippen molar-refractivity contribution in [2.75, 3.05) is 24.0 Å². The van der Waals surface area contributed by atoms with E-state index in [1.165, 1.54) is 23.9 Å². The van der Waals surface area contributed by atoms with E-state index < -0.39 is 27.3 Å². The zero-order chi connectivity index (χ0) is 19.5. The Morgan fingerprint density at radius 3 is 2.42 bits per heavy atom. The van der Waals surface area contributed by atoms with Crippen LogP contribution in [0, 0.1) is 0 Å². The topological polar surface area (TPSA) is 123 Å². The molecular weight excluding hydrogens is 372 g/mol. The summed E-state index contributed by atoms with van der Waals surface area (Å²) in [5.74, 6) is -1.60. The molecule has 0 saturated heterocycles. The number of carboxylic acids is 1. The van der Waals surface area contributed by atoms with Crippen LogP contribution in [-0.4, -0.2) is 37.8 Å². The third kappa shape index (κ3) is 3.87. The number of carboxylic acid groups (broad SMARTS) is 1. The molecule has 0 fully saturated rings. The third-order valence-corrected chi connectivity index (χ3v) is 6.10. The molecule has 2 aromatic rings. The summed E-state index contributed by atoms with van der Waals surface area (Å²) in [4.78, 5) is 12.2. The largest absolute Gasteiger partial charge is 0.480 e. The predicted octanol–water partition coefficient (Wildman–Crippen LogP) is 2.06. The molecule has 0 saturated carbocycles. The van der Waals surface area contributed by atoms with Crippen LogP contribution < -0.4 is 11.5 Å². The Bertz CT molecular complexity index is 915. The van der Waals surface area contributed by atoms with Gasteiger partial charge in [0, 0.05) is 29.2 Å². The average Bonchev–Trinajstić information content (AvgIpc) is 2.58. The summed E-state index contributed by atoms with van der Waals surface area (Å²) in [7, 11) is -3.66. The molecule has 2 atom stereocenters. The van der Waals surface area contributed by atoms with Crippen LogP contribution in [0.1, 0.15) is 17.0 Å². The van der Waals surface area contributed by atoms with Crippen LogP contribution in [0.2, 0.25) is 0 Å². The summed E-state index contributed by atoms with van der Waals surface area (Å²) >= 11 is 1.43. The van der Waals surface area contributed by atoms with Gasteiger partial charge in [-0.25, -0.2) is 13.2 Å². The Kier molecular flexibility index (Phi) is 6.00. The average molecular weight is 395 g/mol. The molecule has 0 bridgehead atoms. The minimum atomic E-state index is -3.66. The second kappa shape index (κ2) is 7.69. The lowest BCUT2D eigenvalue weighted by Gasteiger charge is -2.35. The van der Waals surface area contributed by atoms with E-state index in [1.54, 1.807) is 36.4 Å². The van der Waals surface area contributed by atoms with Gasteiger partial charge in [-0.1, -0.05) is 30.3 Å². The molecule has 6 nitrogen and oxygen atoms in total. The Labute approximate surface area is 157 Å². The zero-order valence-electron chi connectivity index (χ0n) is 14.5. The number of rotatable bonds is 7. The standard InChI is InChI=1S/C18H22N2O4S2/c1-25-11-15(12-6-5-7-13(19)10-12)18(20,17(21)22)14-8-3-4-9-16(14)26(2,23)24/h3-10,15H,11,19-20H2,1-2H3,(H,21,22). The monoisotopic (exact) mass is 394 g/mol. The van der Waals surface area contributed by atoms with Gasteiger partial charge >= 0.3 is 5.97 Å². The van der Waals surface area contributed by atoms with Crippen molar-refractivity contribution in [1.82, 2.24) is 0 Å². The number of aliphatic carboxylic acids is 1. The number of benzene rings is 2. The number of nitrogen functional groups attached to an aromatic ring is 1. The lowest BCUT2D eigenvalue weighted by Crippen LogP contribution is -2.51.